The van der Waals surface area contributed by atoms with Crippen LogP contribution in [0.1, 0.15) is 37.8 Å². The van der Waals surface area contributed by atoms with Gasteiger partial charge in [-0.2, -0.15) is 0 Å². The molecule has 0 aliphatic carbocycles. The molecule has 1 unspecified atom stereocenters. The highest BCUT2D eigenvalue weighted by Crippen LogP contribution is 2.37. The van der Waals surface area contributed by atoms with Crippen LogP contribution in [0.5, 0.6) is 0 Å². The lowest BCUT2D eigenvalue weighted by Crippen LogP contribution is -2.20. The maximum Gasteiger partial charge on any atom is 0.0758 e. The van der Waals surface area contributed by atoms with E-state index in [-0.39, 0.29) is 0 Å². The van der Waals surface area contributed by atoms with Crippen LogP contribution in [-0.4, -0.2) is 6.54 Å². The van der Waals surface area contributed by atoms with E-state index in [1.165, 1.54) is 9.35 Å². The van der Waals surface area contributed by atoms with Gasteiger partial charge in [-0.15, -0.1) is 23.7 Å². The predicted molar refractivity (Wildman–Crippen MR) is 78.8 cm³/mol. The van der Waals surface area contributed by atoms with Gasteiger partial charge in [0, 0.05) is 12.5 Å². The third-order valence-corrected chi connectivity index (χ3v) is 4.71. The SMILES string of the molecule is C#CCCCC(NCC)c1cc(Br)sc1Br. The summed E-state index contributed by atoms with van der Waals surface area (Å²) in [5, 5.41) is 3.50. The Morgan fingerprint density at radius 1 is 1.56 bits per heavy atom. The van der Waals surface area contributed by atoms with Crippen molar-refractivity contribution in [3.05, 3.63) is 19.2 Å². The van der Waals surface area contributed by atoms with Gasteiger partial charge in [-0.05, 0) is 62.9 Å². The van der Waals surface area contributed by atoms with Crippen molar-refractivity contribution in [2.75, 3.05) is 6.54 Å². The van der Waals surface area contributed by atoms with Gasteiger partial charge >= 0.3 is 0 Å². The Morgan fingerprint density at radius 2 is 2.31 bits per heavy atom. The number of thiophene rings is 1. The van der Waals surface area contributed by atoms with Crippen LogP contribution in [0.15, 0.2) is 13.6 Å². The van der Waals surface area contributed by atoms with Crippen molar-refractivity contribution < 1.29 is 0 Å². The summed E-state index contributed by atoms with van der Waals surface area (Å²) in [6.07, 6.45) is 8.27. The van der Waals surface area contributed by atoms with Gasteiger partial charge in [0.25, 0.3) is 0 Å². The van der Waals surface area contributed by atoms with Crippen molar-refractivity contribution in [3.8, 4) is 12.3 Å². The minimum absolute atomic E-state index is 0.398. The van der Waals surface area contributed by atoms with E-state index in [2.05, 4.69) is 56.1 Å². The zero-order valence-electron chi connectivity index (χ0n) is 9.22. The first-order valence-electron chi connectivity index (χ1n) is 5.30. The second-order valence-electron chi connectivity index (χ2n) is 3.49. The van der Waals surface area contributed by atoms with Crippen molar-refractivity contribution in [1.29, 1.82) is 0 Å². The molecule has 0 amide bonds. The Bertz CT molecular complexity index is 368. The van der Waals surface area contributed by atoms with E-state index < -0.39 is 0 Å². The molecule has 0 saturated carbocycles. The molecule has 1 nitrogen and oxygen atoms in total. The molecule has 1 aromatic rings. The second kappa shape index (κ2) is 7.50. The molecule has 1 atom stereocenters. The second-order valence-corrected chi connectivity index (χ2v) is 7.24. The highest BCUT2D eigenvalue weighted by Gasteiger charge is 2.15. The predicted octanol–water partition coefficient (Wildman–Crippen LogP) is 4.73. The van der Waals surface area contributed by atoms with Crippen molar-refractivity contribution in [2.45, 2.75) is 32.2 Å². The fraction of sp³-hybridized carbons (Fsp3) is 0.500. The molecule has 0 fully saturated rings. The van der Waals surface area contributed by atoms with E-state index in [0.29, 0.717) is 6.04 Å². The van der Waals surface area contributed by atoms with E-state index in [4.69, 9.17) is 6.42 Å². The molecule has 1 rings (SSSR count). The maximum absolute atomic E-state index is 5.28. The molecule has 0 bridgehead atoms. The van der Waals surface area contributed by atoms with Gasteiger partial charge in [0.1, 0.15) is 0 Å². The minimum atomic E-state index is 0.398. The van der Waals surface area contributed by atoms with E-state index in [0.717, 1.165) is 29.6 Å². The van der Waals surface area contributed by atoms with Gasteiger partial charge in [0.05, 0.1) is 7.57 Å². The highest BCUT2D eigenvalue weighted by molar-refractivity contribution is 9.12. The van der Waals surface area contributed by atoms with Gasteiger partial charge in [0.15, 0.2) is 0 Å². The molecule has 1 N–H and O–H groups in total. The first kappa shape index (κ1) is 14.2. The number of halogens is 2. The van der Waals surface area contributed by atoms with Crippen molar-refractivity contribution in [1.82, 2.24) is 5.32 Å². The number of hydrogen-bond acceptors (Lipinski definition) is 2. The lowest BCUT2D eigenvalue weighted by atomic mass is 10.0. The fourth-order valence-corrected chi connectivity index (χ4v) is 4.59. The van der Waals surface area contributed by atoms with Gasteiger partial charge in [0.2, 0.25) is 0 Å². The highest BCUT2D eigenvalue weighted by atomic mass is 79.9. The lowest BCUT2D eigenvalue weighted by Gasteiger charge is -2.16. The first-order chi connectivity index (χ1) is 7.69. The van der Waals surface area contributed by atoms with Gasteiger partial charge < -0.3 is 5.32 Å². The van der Waals surface area contributed by atoms with Crippen LogP contribution in [0.3, 0.4) is 0 Å². The monoisotopic (exact) mass is 363 g/mol. The summed E-state index contributed by atoms with van der Waals surface area (Å²) in [5.74, 6) is 2.69. The zero-order chi connectivity index (χ0) is 12.0. The Balaban J connectivity index is 2.69. The zero-order valence-corrected chi connectivity index (χ0v) is 13.2. The van der Waals surface area contributed by atoms with Crippen molar-refractivity contribution >= 4 is 43.2 Å². The van der Waals surface area contributed by atoms with Crippen LogP contribution in [0.2, 0.25) is 0 Å². The molecule has 0 spiro atoms. The molecule has 4 heteroatoms. The lowest BCUT2D eigenvalue weighted by molar-refractivity contribution is 0.501. The van der Waals surface area contributed by atoms with Crippen LogP contribution in [0.4, 0.5) is 0 Å². The summed E-state index contributed by atoms with van der Waals surface area (Å²) >= 11 is 8.83. The fourth-order valence-electron chi connectivity index (χ4n) is 1.61. The number of terminal acetylenes is 1. The quantitative estimate of drug-likeness (QED) is 0.568. The summed E-state index contributed by atoms with van der Waals surface area (Å²) in [6, 6.07) is 2.58. The number of unbranched alkanes of at least 4 members (excludes halogenated alkanes) is 1. The topological polar surface area (TPSA) is 12.0 Å². The van der Waals surface area contributed by atoms with Crippen LogP contribution >= 0.6 is 43.2 Å². The molecule has 0 aliphatic rings. The molecule has 0 radical (unpaired) electrons. The molecule has 1 aromatic heterocycles. The molecule has 0 aliphatic heterocycles. The first-order valence-corrected chi connectivity index (χ1v) is 7.70. The molecule has 1 heterocycles. The van der Waals surface area contributed by atoms with Crippen LogP contribution in [-0.2, 0) is 0 Å². The molecule has 0 aromatic carbocycles. The number of rotatable bonds is 6. The molecule has 0 saturated heterocycles. The minimum Gasteiger partial charge on any atom is -0.310 e. The molecule has 16 heavy (non-hydrogen) atoms. The van der Waals surface area contributed by atoms with E-state index in [1.54, 1.807) is 11.3 Å². The van der Waals surface area contributed by atoms with Crippen molar-refractivity contribution in [2.24, 2.45) is 0 Å². The Hall–Kier alpha value is 0.180. The summed E-state index contributed by atoms with van der Waals surface area (Å²) in [4.78, 5) is 0. The van der Waals surface area contributed by atoms with E-state index in [1.807, 2.05) is 0 Å². The largest absolute Gasteiger partial charge is 0.310 e. The Labute approximate surface area is 118 Å². The molecular formula is C12H15Br2NS. The normalized spacial score (nSPS) is 12.4. The van der Waals surface area contributed by atoms with Crippen LogP contribution < -0.4 is 5.32 Å². The number of hydrogen-bond donors (Lipinski definition) is 1. The summed E-state index contributed by atoms with van der Waals surface area (Å²) in [6.45, 7) is 3.10. The average molecular weight is 365 g/mol. The summed E-state index contributed by atoms with van der Waals surface area (Å²) < 4.78 is 2.36. The molecular weight excluding hydrogens is 350 g/mol. The maximum atomic E-state index is 5.28. The Kier molecular flexibility index (Phi) is 6.67. The Morgan fingerprint density at radius 3 is 2.81 bits per heavy atom. The van der Waals surface area contributed by atoms with Crippen molar-refractivity contribution in [3.63, 3.8) is 0 Å². The van der Waals surface area contributed by atoms with E-state index >= 15 is 0 Å². The standard InChI is InChI=1S/C12H15Br2NS/c1-3-5-6-7-10(15-4-2)9-8-11(13)16-12(9)14/h1,8,10,15H,4-7H2,2H3. The average Bonchev–Trinajstić information content (AvgIpc) is 2.57. The van der Waals surface area contributed by atoms with Crippen LogP contribution in [0, 0.1) is 12.3 Å². The third-order valence-electron chi connectivity index (χ3n) is 2.32. The summed E-state index contributed by atoms with van der Waals surface area (Å²) in [5.41, 5.74) is 1.33. The third kappa shape index (κ3) is 4.21. The smallest absolute Gasteiger partial charge is 0.0758 e. The molecule has 88 valence electrons. The van der Waals surface area contributed by atoms with Gasteiger partial charge in [-0.3, -0.25) is 0 Å². The van der Waals surface area contributed by atoms with Gasteiger partial charge in [-0.1, -0.05) is 6.92 Å². The van der Waals surface area contributed by atoms with Crippen LogP contribution in [0.25, 0.3) is 0 Å². The van der Waals surface area contributed by atoms with E-state index in [9.17, 15) is 0 Å². The number of nitrogens with one attached hydrogen (secondary N) is 1. The summed E-state index contributed by atoms with van der Waals surface area (Å²) in [7, 11) is 0. The van der Waals surface area contributed by atoms with Gasteiger partial charge in [-0.25, -0.2) is 0 Å².